The number of aliphatic hydroxyl groups is 2. The first-order valence-electron chi connectivity index (χ1n) is 6.62. The van der Waals surface area contributed by atoms with Gasteiger partial charge < -0.3 is 14.6 Å². The van der Waals surface area contributed by atoms with Gasteiger partial charge in [0.2, 0.25) is 0 Å². The van der Waals surface area contributed by atoms with E-state index in [1.807, 2.05) is 0 Å². The van der Waals surface area contributed by atoms with Crippen LogP contribution in [0.1, 0.15) is 31.2 Å². The standard InChI is InChI=1S/C13H19F3O3Si/c14-10-8-12(16)11(15)7-9(10)5-3-1-2-4-6-20-19-13(17)18/h7-8,13,17-18H,1-6,20H2. The Hall–Kier alpha value is -0.893. The van der Waals surface area contributed by atoms with Gasteiger partial charge in [0, 0.05) is 6.07 Å². The minimum absolute atomic E-state index is 0.199. The SMILES string of the molecule is OC(O)O[SiH2]CCCCCCc1cc(F)c(F)cc1F. The smallest absolute Gasteiger partial charge is 0.256 e. The van der Waals surface area contributed by atoms with Crippen LogP contribution < -0.4 is 0 Å². The Morgan fingerprint density at radius 3 is 2.30 bits per heavy atom. The van der Waals surface area contributed by atoms with Crippen molar-refractivity contribution in [3.8, 4) is 0 Å². The predicted molar refractivity (Wildman–Crippen MR) is 71.1 cm³/mol. The van der Waals surface area contributed by atoms with Crippen molar-refractivity contribution >= 4 is 9.76 Å². The van der Waals surface area contributed by atoms with E-state index in [-0.39, 0.29) is 5.56 Å². The molecule has 0 radical (unpaired) electrons. The normalized spacial score (nSPS) is 11.9. The molecule has 3 nitrogen and oxygen atoms in total. The molecule has 0 aliphatic carbocycles. The molecule has 114 valence electrons. The van der Waals surface area contributed by atoms with Gasteiger partial charge in [0.25, 0.3) is 6.48 Å². The van der Waals surface area contributed by atoms with Crippen molar-refractivity contribution in [2.24, 2.45) is 0 Å². The predicted octanol–water partition coefficient (Wildman–Crippen LogP) is 1.99. The summed E-state index contributed by atoms with van der Waals surface area (Å²) in [5.41, 5.74) is 0.199. The van der Waals surface area contributed by atoms with E-state index in [1.54, 1.807) is 0 Å². The van der Waals surface area contributed by atoms with Crippen molar-refractivity contribution in [2.45, 2.75) is 44.6 Å². The number of aryl methyl sites for hydroxylation is 1. The first kappa shape index (κ1) is 17.2. The average Bonchev–Trinajstić information content (AvgIpc) is 2.38. The molecule has 2 N–H and O–H groups in total. The number of halogens is 3. The maximum atomic E-state index is 13.3. The van der Waals surface area contributed by atoms with Gasteiger partial charge in [0.1, 0.15) is 5.82 Å². The summed E-state index contributed by atoms with van der Waals surface area (Å²) < 4.78 is 43.7. The summed E-state index contributed by atoms with van der Waals surface area (Å²) in [6.07, 6.45) is 3.77. The van der Waals surface area contributed by atoms with Crippen LogP contribution in [0.25, 0.3) is 0 Å². The highest BCUT2D eigenvalue weighted by molar-refractivity contribution is 6.26. The molecular formula is C13H19F3O3Si. The second-order valence-corrected chi connectivity index (χ2v) is 6.02. The van der Waals surface area contributed by atoms with E-state index >= 15 is 0 Å². The third-order valence-electron chi connectivity index (χ3n) is 2.95. The summed E-state index contributed by atoms with van der Waals surface area (Å²) in [5.74, 6) is -2.89. The Morgan fingerprint density at radius 2 is 1.60 bits per heavy atom. The van der Waals surface area contributed by atoms with Crippen LogP contribution in [0.2, 0.25) is 6.04 Å². The quantitative estimate of drug-likeness (QED) is 0.317. The van der Waals surface area contributed by atoms with E-state index in [2.05, 4.69) is 4.43 Å². The number of hydrogen-bond acceptors (Lipinski definition) is 3. The fourth-order valence-corrected chi connectivity index (χ4v) is 2.83. The molecule has 0 heterocycles. The summed E-state index contributed by atoms with van der Waals surface area (Å²) in [6, 6.07) is 2.33. The molecule has 0 amide bonds. The average molecular weight is 308 g/mol. The van der Waals surface area contributed by atoms with Gasteiger partial charge in [-0.2, -0.15) is 0 Å². The zero-order valence-corrected chi connectivity index (χ0v) is 12.5. The largest absolute Gasteiger partial charge is 0.379 e. The van der Waals surface area contributed by atoms with Crippen LogP contribution in [-0.4, -0.2) is 26.5 Å². The van der Waals surface area contributed by atoms with Crippen LogP contribution >= 0.6 is 0 Å². The molecular weight excluding hydrogens is 289 g/mol. The highest BCUT2D eigenvalue weighted by Gasteiger charge is 2.09. The Balaban J connectivity index is 2.14. The lowest BCUT2D eigenvalue weighted by molar-refractivity contribution is -0.180. The molecule has 0 aliphatic heterocycles. The number of rotatable bonds is 9. The fraction of sp³-hybridized carbons (Fsp3) is 0.538. The minimum atomic E-state index is -1.67. The molecule has 0 fully saturated rings. The molecule has 1 rings (SSSR count). The molecule has 0 atom stereocenters. The lowest BCUT2D eigenvalue weighted by Gasteiger charge is -2.06. The molecule has 0 aliphatic rings. The van der Waals surface area contributed by atoms with E-state index in [0.29, 0.717) is 18.9 Å². The van der Waals surface area contributed by atoms with Crippen LogP contribution in [-0.2, 0) is 10.8 Å². The van der Waals surface area contributed by atoms with E-state index < -0.39 is 33.7 Å². The zero-order valence-electron chi connectivity index (χ0n) is 11.1. The van der Waals surface area contributed by atoms with Crippen LogP contribution in [0, 0.1) is 17.5 Å². The van der Waals surface area contributed by atoms with Gasteiger partial charge in [0.05, 0.1) is 0 Å². The third-order valence-corrected chi connectivity index (χ3v) is 4.27. The summed E-state index contributed by atoms with van der Waals surface area (Å²) >= 11 is 0. The highest BCUT2D eigenvalue weighted by atomic mass is 28.2. The summed E-state index contributed by atoms with van der Waals surface area (Å²) in [4.78, 5) is 0. The molecule has 20 heavy (non-hydrogen) atoms. The highest BCUT2D eigenvalue weighted by Crippen LogP contribution is 2.16. The van der Waals surface area contributed by atoms with Gasteiger partial charge in [-0.1, -0.05) is 19.3 Å². The van der Waals surface area contributed by atoms with Crippen LogP contribution in [0.4, 0.5) is 13.2 Å². The van der Waals surface area contributed by atoms with Crippen molar-refractivity contribution in [2.75, 3.05) is 0 Å². The molecule has 0 saturated carbocycles. The molecule has 0 bridgehead atoms. The van der Waals surface area contributed by atoms with Crippen molar-refractivity contribution in [3.05, 3.63) is 35.1 Å². The molecule has 0 saturated heterocycles. The minimum Gasteiger partial charge on any atom is -0.379 e. The molecule has 0 unspecified atom stereocenters. The van der Waals surface area contributed by atoms with Gasteiger partial charge >= 0.3 is 0 Å². The van der Waals surface area contributed by atoms with Gasteiger partial charge in [0.15, 0.2) is 21.4 Å². The van der Waals surface area contributed by atoms with Gasteiger partial charge in [-0.3, -0.25) is 0 Å². The zero-order chi connectivity index (χ0) is 15.0. The summed E-state index contributed by atoms with van der Waals surface area (Å²) in [5, 5.41) is 16.9. The maximum absolute atomic E-state index is 13.3. The Bertz CT molecular complexity index is 416. The Kier molecular flexibility index (Phi) is 7.82. The third kappa shape index (κ3) is 6.51. The Morgan fingerprint density at radius 1 is 0.950 bits per heavy atom. The molecule has 0 aromatic heterocycles. The first-order valence-corrected chi connectivity index (χ1v) is 8.19. The van der Waals surface area contributed by atoms with Gasteiger partial charge in [-0.05, 0) is 30.5 Å². The topological polar surface area (TPSA) is 49.7 Å². The lowest BCUT2D eigenvalue weighted by atomic mass is 10.1. The molecule has 0 spiro atoms. The second kappa shape index (κ2) is 9.12. The van der Waals surface area contributed by atoms with Crippen molar-refractivity contribution in [3.63, 3.8) is 0 Å². The fourth-order valence-electron chi connectivity index (χ4n) is 1.89. The van der Waals surface area contributed by atoms with E-state index in [0.717, 1.165) is 31.4 Å². The molecule has 7 heteroatoms. The van der Waals surface area contributed by atoms with Crippen molar-refractivity contribution in [1.29, 1.82) is 0 Å². The summed E-state index contributed by atoms with van der Waals surface area (Å²) in [7, 11) is -0.889. The number of aliphatic hydroxyl groups excluding tert-OH is 1. The molecule has 1 aromatic carbocycles. The lowest BCUT2D eigenvalue weighted by Crippen LogP contribution is -2.12. The van der Waals surface area contributed by atoms with Crippen LogP contribution in [0.15, 0.2) is 12.1 Å². The summed E-state index contributed by atoms with van der Waals surface area (Å²) in [6.45, 7) is -1.67. The maximum Gasteiger partial charge on any atom is 0.256 e. The van der Waals surface area contributed by atoms with Gasteiger partial charge in [-0.25, -0.2) is 13.2 Å². The Labute approximate surface area is 118 Å². The monoisotopic (exact) mass is 308 g/mol. The van der Waals surface area contributed by atoms with E-state index in [4.69, 9.17) is 10.2 Å². The number of hydrogen-bond donors (Lipinski definition) is 2. The van der Waals surface area contributed by atoms with Crippen molar-refractivity contribution in [1.82, 2.24) is 0 Å². The molecule has 1 aromatic rings. The van der Waals surface area contributed by atoms with E-state index in [9.17, 15) is 13.2 Å². The van der Waals surface area contributed by atoms with Gasteiger partial charge in [-0.15, -0.1) is 0 Å². The second-order valence-electron chi connectivity index (χ2n) is 4.57. The van der Waals surface area contributed by atoms with Crippen LogP contribution in [0.5, 0.6) is 0 Å². The number of unbranched alkanes of at least 4 members (excludes halogenated alkanes) is 3. The van der Waals surface area contributed by atoms with Crippen LogP contribution in [0.3, 0.4) is 0 Å². The number of benzene rings is 1. The first-order chi connectivity index (χ1) is 9.50. The van der Waals surface area contributed by atoms with Crippen molar-refractivity contribution < 1.29 is 27.8 Å². The van der Waals surface area contributed by atoms with E-state index in [1.165, 1.54) is 0 Å².